The second kappa shape index (κ2) is 7.63. The number of hydrogen-bond donors (Lipinski definition) is 1. The molecule has 1 unspecified atom stereocenters. The first-order valence-corrected chi connectivity index (χ1v) is 10.6. The molecule has 134 valence electrons. The summed E-state index contributed by atoms with van der Waals surface area (Å²) in [5, 5.41) is 2.94. The molecule has 1 aromatic carbocycles. The van der Waals surface area contributed by atoms with Gasteiger partial charge in [-0.15, -0.1) is 11.3 Å². The van der Waals surface area contributed by atoms with Gasteiger partial charge >= 0.3 is 0 Å². The highest BCUT2D eigenvalue weighted by Crippen LogP contribution is 2.24. The fourth-order valence-corrected chi connectivity index (χ4v) is 4.75. The van der Waals surface area contributed by atoms with Crippen molar-refractivity contribution in [3.8, 4) is 0 Å². The fraction of sp³-hybridized carbons (Fsp3) is 0.412. The van der Waals surface area contributed by atoms with E-state index >= 15 is 0 Å². The molecular weight excluding hydrogens is 358 g/mol. The van der Waals surface area contributed by atoms with Crippen LogP contribution in [0, 0.1) is 5.92 Å². The van der Waals surface area contributed by atoms with E-state index in [-0.39, 0.29) is 16.6 Å². The number of benzene rings is 1. The molecule has 1 aromatic heterocycles. The summed E-state index contributed by atoms with van der Waals surface area (Å²) >= 11 is 1.60. The predicted octanol–water partition coefficient (Wildman–Crippen LogP) is 2.54. The van der Waals surface area contributed by atoms with Crippen LogP contribution in [0.1, 0.15) is 30.1 Å². The van der Waals surface area contributed by atoms with Gasteiger partial charge in [0.25, 0.3) is 0 Å². The minimum Gasteiger partial charge on any atom is -0.348 e. The number of ketones is 1. The molecule has 3 rings (SSSR count). The normalized spacial score (nSPS) is 18.3. The molecule has 2 aromatic rings. The van der Waals surface area contributed by atoms with E-state index in [0.717, 1.165) is 31.1 Å². The molecular formula is C17H21N3O3S2. The molecule has 0 aliphatic carbocycles. The Morgan fingerprint density at radius 1 is 1.36 bits per heavy atom. The maximum Gasteiger partial charge on any atom is 0.240 e. The summed E-state index contributed by atoms with van der Waals surface area (Å²) in [6.07, 6.45) is 3.81. The van der Waals surface area contributed by atoms with Gasteiger partial charge in [-0.25, -0.2) is 18.1 Å². The van der Waals surface area contributed by atoms with Crippen molar-refractivity contribution in [2.45, 2.75) is 24.7 Å². The van der Waals surface area contributed by atoms with E-state index in [1.165, 1.54) is 19.1 Å². The van der Waals surface area contributed by atoms with Crippen molar-refractivity contribution < 1.29 is 13.2 Å². The van der Waals surface area contributed by atoms with Crippen molar-refractivity contribution in [2.24, 2.45) is 5.92 Å². The lowest BCUT2D eigenvalue weighted by Gasteiger charge is -2.32. The van der Waals surface area contributed by atoms with Crippen molar-refractivity contribution in [3.63, 3.8) is 0 Å². The number of aromatic nitrogens is 1. The zero-order chi connectivity index (χ0) is 17.9. The van der Waals surface area contributed by atoms with Crippen LogP contribution in [0.5, 0.6) is 0 Å². The second-order valence-corrected chi connectivity index (χ2v) is 8.84. The Morgan fingerprint density at radius 3 is 2.76 bits per heavy atom. The molecule has 1 aliphatic heterocycles. The summed E-state index contributed by atoms with van der Waals surface area (Å²) in [7, 11) is -3.57. The fourth-order valence-electron chi connectivity index (χ4n) is 2.96. The zero-order valence-electron chi connectivity index (χ0n) is 14.0. The predicted molar refractivity (Wildman–Crippen MR) is 98.7 cm³/mol. The summed E-state index contributed by atoms with van der Waals surface area (Å²) in [4.78, 5) is 18.0. The first kappa shape index (κ1) is 18.0. The number of carbonyl (C=O) groups excluding carboxylic acids is 1. The third kappa shape index (κ3) is 4.45. The standard InChI is InChI=1S/C17H21N3O3S2/c1-13(21)15-4-6-16(7-5-15)25(22,23)19-11-14-3-2-9-20(12-14)17-18-8-10-24-17/h4-8,10,14,19H,2-3,9,11-12H2,1H3. The first-order chi connectivity index (χ1) is 12.0. The minimum absolute atomic E-state index is 0.0820. The van der Waals surface area contributed by atoms with Crippen molar-refractivity contribution in [2.75, 3.05) is 24.5 Å². The highest BCUT2D eigenvalue weighted by atomic mass is 32.2. The number of rotatable bonds is 6. The number of sulfonamides is 1. The summed E-state index contributed by atoms with van der Waals surface area (Å²) in [5.74, 6) is 0.172. The van der Waals surface area contributed by atoms with Crippen molar-refractivity contribution in [1.82, 2.24) is 9.71 Å². The van der Waals surface area contributed by atoms with Crippen LogP contribution in [-0.2, 0) is 10.0 Å². The topological polar surface area (TPSA) is 79.4 Å². The number of Topliss-reactive ketones (excluding diaryl/α,β-unsaturated/α-hetero) is 1. The van der Waals surface area contributed by atoms with E-state index in [4.69, 9.17) is 0 Å². The van der Waals surface area contributed by atoms with Gasteiger partial charge in [-0.2, -0.15) is 0 Å². The highest BCUT2D eigenvalue weighted by molar-refractivity contribution is 7.89. The number of thiazole rings is 1. The lowest BCUT2D eigenvalue weighted by Crippen LogP contribution is -2.41. The molecule has 0 saturated carbocycles. The Morgan fingerprint density at radius 2 is 2.12 bits per heavy atom. The Kier molecular flexibility index (Phi) is 5.51. The van der Waals surface area contributed by atoms with Gasteiger partial charge in [0.15, 0.2) is 10.9 Å². The van der Waals surface area contributed by atoms with Gasteiger partial charge in [0.2, 0.25) is 10.0 Å². The van der Waals surface area contributed by atoms with Gasteiger partial charge in [0.1, 0.15) is 0 Å². The summed E-state index contributed by atoms with van der Waals surface area (Å²) in [6, 6.07) is 6.03. The first-order valence-electron chi connectivity index (χ1n) is 8.21. The smallest absolute Gasteiger partial charge is 0.240 e. The van der Waals surface area contributed by atoms with Gasteiger partial charge in [0, 0.05) is 36.8 Å². The van der Waals surface area contributed by atoms with Crippen LogP contribution in [0.2, 0.25) is 0 Å². The molecule has 0 bridgehead atoms. The maximum atomic E-state index is 12.4. The number of carbonyl (C=O) groups is 1. The lowest BCUT2D eigenvalue weighted by atomic mass is 9.99. The molecule has 1 saturated heterocycles. The summed E-state index contributed by atoms with van der Waals surface area (Å²) in [6.45, 7) is 3.63. The summed E-state index contributed by atoms with van der Waals surface area (Å²) in [5.41, 5.74) is 0.505. The molecule has 1 atom stereocenters. The largest absolute Gasteiger partial charge is 0.348 e. The van der Waals surface area contributed by atoms with Crippen molar-refractivity contribution >= 4 is 32.3 Å². The minimum atomic E-state index is -3.57. The average molecular weight is 380 g/mol. The lowest BCUT2D eigenvalue weighted by molar-refractivity contribution is 0.101. The van der Waals surface area contributed by atoms with E-state index in [9.17, 15) is 13.2 Å². The average Bonchev–Trinajstić information content (AvgIpc) is 3.15. The van der Waals surface area contributed by atoms with Crippen LogP contribution in [0.4, 0.5) is 5.13 Å². The van der Waals surface area contributed by atoms with Crippen molar-refractivity contribution in [1.29, 1.82) is 0 Å². The third-order valence-corrected chi connectivity index (χ3v) is 6.61. The second-order valence-electron chi connectivity index (χ2n) is 6.20. The third-order valence-electron chi connectivity index (χ3n) is 4.34. The number of hydrogen-bond acceptors (Lipinski definition) is 6. The molecule has 6 nitrogen and oxygen atoms in total. The Balaban J connectivity index is 1.60. The molecule has 0 spiro atoms. The van der Waals surface area contributed by atoms with Gasteiger partial charge in [0.05, 0.1) is 4.90 Å². The van der Waals surface area contributed by atoms with Crippen LogP contribution < -0.4 is 9.62 Å². The highest BCUT2D eigenvalue weighted by Gasteiger charge is 2.23. The number of nitrogens with zero attached hydrogens (tertiary/aromatic N) is 2. The van der Waals surface area contributed by atoms with E-state index in [1.54, 1.807) is 29.7 Å². The monoisotopic (exact) mass is 379 g/mol. The van der Waals surface area contributed by atoms with Crippen LogP contribution >= 0.6 is 11.3 Å². The van der Waals surface area contributed by atoms with Gasteiger partial charge in [-0.05, 0) is 37.8 Å². The number of anilines is 1. The maximum absolute atomic E-state index is 12.4. The Labute approximate surface area is 151 Å². The van der Waals surface area contributed by atoms with E-state index in [1.807, 2.05) is 5.38 Å². The van der Waals surface area contributed by atoms with E-state index < -0.39 is 10.0 Å². The molecule has 1 aliphatic rings. The van der Waals surface area contributed by atoms with Crippen LogP contribution in [0.25, 0.3) is 0 Å². The molecule has 8 heteroatoms. The zero-order valence-corrected chi connectivity index (χ0v) is 15.6. The molecule has 0 amide bonds. The quantitative estimate of drug-likeness (QED) is 0.780. The van der Waals surface area contributed by atoms with Crippen LogP contribution in [0.3, 0.4) is 0 Å². The van der Waals surface area contributed by atoms with Crippen molar-refractivity contribution in [3.05, 3.63) is 41.4 Å². The van der Waals surface area contributed by atoms with Gasteiger partial charge < -0.3 is 4.90 Å². The number of nitrogens with one attached hydrogen (secondary N) is 1. The molecule has 1 fully saturated rings. The molecule has 0 radical (unpaired) electrons. The Bertz CT molecular complexity index is 817. The molecule has 1 N–H and O–H groups in total. The Hall–Kier alpha value is -1.77. The molecule has 25 heavy (non-hydrogen) atoms. The van der Waals surface area contributed by atoms with Gasteiger partial charge in [-0.1, -0.05) is 12.1 Å². The molecule has 2 heterocycles. The van der Waals surface area contributed by atoms with E-state index in [2.05, 4.69) is 14.6 Å². The SMILES string of the molecule is CC(=O)c1ccc(S(=O)(=O)NCC2CCCN(c3nccs3)C2)cc1. The van der Waals surface area contributed by atoms with Crippen LogP contribution in [-0.4, -0.2) is 38.8 Å². The summed E-state index contributed by atoms with van der Waals surface area (Å²) < 4.78 is 27.6. The van der Waals surface area contributed by atoms with Gasteiger partial charge in [-0.3, -0.25) is 4.79 Å². The van der Waals surface area contributed by atoms with E-state index in [0.29, 0.717) is 12.1 Å². The number of piperidine rings is 1. The van der Waals surface area contributed by atoms with Crippen LogP contribution in [0.15, 0.2) is 40.7 Å².